The number of benzene rings is 1. The van der Waals surface area contributed by atoms with E-state index in [1.165, 1.54) is 17.8 Å². The lowest BCUT2D eigenvalue weighted by molar-refractivity contribution is -0.137. The molecule has 2 N–H and O–H groups in total. The molecule has 0 aliphatic carbocycles. The molecule has 1 aromatic rings. The molecular weight excluding hydrogens is 301 g/mol. The Bertz CT molecular complexity index is 513. The topological polar surface area (TPSA) is 46.3 Å². The Balaban J connectivity index is 1.95. The molecule has 1 aliphatic heterocycles. The van der Waals surface area contributed by atoms with Gasteiger partial charge in [0, 0.05) is 23.7 Å². The number of amides is 1. The molecule has 7 heteroatoms. The zero-order valence-corrected chi connectivity index (χ0v) is 12.3. The quantitative estimate of drug-likeness (QED) is 0.686. The molecule has 116 valence electrons. The van der Waals surface area contributed by atoms with E-state index in [0.717, 1.165) is 44.5 Å². The first-order valence-electron chi connectivity index (χ1n) is 6.75. The van der Waals surface area contributed by atoms with Crippen LogP contribution in [0, 0.1) is 0 Å². The number of nitrogen functional groups attached to an aromatic ring is 1. The first-order valence-corrected chi connectivity index (χ1v) is 7.74. The molecular formula is C14H17F3N2OS. The molecule has 0 unspecified atom stereocenters. The summed E-state index contributed by atoms with van der Waals surface area (Å²) in [5.41, 5.74) is 4.92. The van der Waals surface area contributed by atoms with Crippen LogP contribution in [0.1, 0.15) is 24.8 Å². The standard InChI is InChI=1S/C14H17F3N2OS/c15-14(16,17)10-4-5-12(11(18)8-10)21-9-13(20)19-6-2-1-3-7-19/h4-5,8H,1-3,6-7,9,18H2. The van der Waals surface area contributed by atoms with Gasteiger partial charge >= 0.3 is 6.18 Å². The van der Waals surface area contributed by atoms with Gasteiger partial charge in [-0.1, -0.05) is 0 Å². The molecule has 0 aromatic heterocycles. The predicted molar refractivity (Wildman–Crippen MR) is 77.0 cm³/mol. The third-order valence-electron chi connectivity index (χ3n) is 3.40. The van der Waals surface area contributed by atoms with Gasteiger partial charge in [-0.05, 0) is 37.5 Å². The van der Waals surface area contributed by atoms with Crippen molar-refractivity contribution in [2.45, 2.75) is 30.3 Å². The SMILES string of the molecule is Nc1cc(C(F)(F)F)ccc1SCC(=O)N1CCCCC1. The van der Waals surface area contributed by atoms with E-state index in [0.29, 0.717) is 4.90 Å². The maximum absolute atomic E-state index is 12.5. The molecule has 0 spiro atoms. The highest BCUT2D eigenvalue weighted by Crippen LogP contribution is 2.34. The van der Waals surface area contributed by atoms with Crippen LogP contribution in [0.4, 0.5) is 18.9 Å². The van der Waals surface area contributed by atoms with Crippen molar-refractivity contribution in [3.05, 3.63) is 23.8 Å². The van der Waals surface area contributed by atoms with Gasteiger partial charge < -0.3 is 10.6 Å². The van der Waals surface area contributed by atoms with E-state index in [4.69, 9.17) is 5.73 Å². The smallest absolute Gasteiger partial charge is 0.398 e. The van der Waals surface area contributed by atoms with Crippen molar-refractivity contribution in [3.63, 3.8) is 0 Å². The third kappa shape index (κ3) is 4.30. The van der Waals surface area contributed by atoms with Crippen molar-refractivity contribution in [1.29, 1.82) is 0 Å². The molecule has 1 aliphatic rings. The fourth-order valence-electron chi connectivity index (χ4n) is 2.23. The Labute approximate surface area is 125 Å². The van der Waals surface area contributed by atoms with Crippen molar-refractivity contribution in [2.75, 3.05) is 24.6 Å². The minimum Gasteiger partial charge on any atom is -0.398 e. The average molecular weight is 318 g/mol. The summed E-state index contributed by atoms with van der Waals surface area (Å²) in [6.07, 6.45) is -1.23. The van der Waals surface area contributed by atoms with Crippen molar-refractivity contribution in [3.8, 4) is 0 Å². The summed E-state index contributed by atoms with van der Waals surface area (Å²) in [5.74, 6) is 0.217. The van der Waals surface area contributed by atoms with Crippen LogP contribution >= 0.6 is 11.8 Å². The minimum atomic E-state index is -4.40. The van der Waals surface area contributed by atoms with E-state index in [2.05, 4.69) is 0 Å². The van der Waals surface area contributed by atoms with Crippen LogP contribution in [0.15, 0.2) is 23.1 Å². The second-order valence-corrected chi connectivity index (χ2v) is 6.00. The van der Waals surface area contributed by atoms with E-state index in [-0.39, 0.29) is 17.3 Å². The Morgan fingerprint density at radius 1 is 1.24 bits per heavy atom. The zero-order chi connectivity index (χ0) is 15.5. The molecule has 0 bridgehead atoms. The largest absolute Gasteiger partial charge is 0.416 e. The predicted octanol–water partition coefficient (Wildman–Crippen LogP) is 3.39. The Morgan fingerprint density at radius 3 is 2.48 bits per heavy atom. The van der Waals surface area contributed by atoms with Crippen LogP contribution in [0.5, 0.6) is 0 Å². The highest BCUT2D eigenvalue weighted by atomic mass is 32.2. The number of rotatable bonds is 3. The van der Waals surface area contributed by atoms with Gasteiger partial charge in [-0.15, -0.1) is 11.8 Å². The van der Waals surface area contributed by atoms with Gasteiger partial charge in [0.1, 0.15) is 0 Å². The number of thioether (sulfide) groups is 1. The van der Waals surface area contributed by atoms with E-state index in [9.17, 15) is 18.0 Å². The van der Waals surface area contributed by atoms with Crippen LogP contribution in [-0.2, 0) is 11.0 Å². The van der Waals surface area contributed by atoms with Gasteiger partial charge in [-0.3, -0.25) is 4.79 Å². The number of nitrogens with two attached hydrogens (primary N) is 1. The van der Waals surface area contributed by atoms with Crippen molar-refractivity contribution < 1.29 is 18.0 Å². The number of anilines is 1. The number of piperidine rings is 1. The van der Waals surface area contributed by atoms with Crippen molar-refractivity contribution in [2.24, 2.45) is 0 Å². The maximum atomic E-state index is 12.5. The summed E-state index contributed by atoms with van der Waals surface area (Å²) in [4.78, 5) is 14.3. The van der Waals surface area contributed by atoms with Gasteiger partial charge in [0.2, 0.25) is 5.91 Å². The number of carbonyl (C=O) groups excluding carboxylic acids is 1. The fraction of sp³-hybridized carbons (Fsp3) is 0.500. The lowest BCUT2D eigenvalue weighted by atomic mass is 10.1. The molecule has 1 aromatic carbocycles. The van der Waals surface area contributed by atoms with E-state index >= 15 is 0 Å². The van der Waals surface area contributed by atoms with Crippen LogP contribution < -0.4 is 5.73 Å². The van der Waals surface area contributed by atoms with E-state index in [1.807, 2.05) is 0 Å². The third-order valence-corrected chi connectivity index (χ3v) is 4.47. The Morgan fingerprint density at radius 2 is 1.90 bits per heavy atom. The van der Waals surface area contributed by atoms with Gasteiger partial charge in [-0.25, -0.2) is 0 Å². The summed E-state index contributed by atoms with van der Waals surface area (Å²) in [5, 5.41) is 0. The molecule has 0 atom stereocenters. The van der Waals surface area contributed by atoms with Crippen LogP contribution in [0.2, 0.25) is 0 Å². The zero-order valence-electron chi connectivity index (χ0n) is 11.4. The number of hydrogen-bond donors (Lipinski definition) is 1. The highest BCUT2D eigenvalue weighted by molar-refractivity contribution is 8.00. The summed E-state index contributed by atoms with van der Waals surface area (Å²) >= 11 is 1.18. The second-order valence-electron chi connectivity index (χ2n) is 4.98. The lowest BCUT2D eigenvalue weighted by Gasteiger charge is -2.26. The van der Waals surface area contributed by atoms with Crippen LogP contribution in [0.25, 0.3) is 0 Å². The Hall–Kier alpha value is -1.37. The van der Waals surface area contributed by atoms with Crippen molar-refractivity contribution in [1.82, 2.24) is 4.90 Å². The fourth-order valence-corrected chi connectivity index (χ4v) is 3.08. The van der Waals surface area contributed by atoms with Gasteiger partial charge in [0.15, 0.2) is 0 Å². The monoisotopic (exact) mass is 318 g/mol. The number of carbonyl (C=O) groups is 1. The summed E-state index contributed by atoms with van der Waals surface area (Å²) in [7, 11) is 0. The van der Waals surface area contributed by atoms with Crippen LogP contribution in [0.3, 0.4) is 0 Å². The van der Waals surface area contributed by atoms with Gasteiger partial charge in [0.05, 0.1) is 11.3 Å². The highest BCUT2D eigenvalue weighted by Gasteiger charge is 2.30. The molecule has 1 heterocycles. The minimum absolute atomic E-state index is 0.0130. The summed E-state index contributed by atoms with van der Waals surface area (Å²) in [6, 6.07) is 3.23. The number of alkyl halides is 3. The molecule has 1 amide bonds. The molecule has 0 radical (unpaired) electrons. The lowest BCUT2D eigenvalue weighted by Crippen LogP contribution is -2.36. The number of likely N-dealkylation sites (tertiary alicyclic amines) is 1. The normalized spacial score (nSPS) is 16.0. The Kier molecular flexibility index (Phi) is 5.03. The van der Waals surface area contributed by atoms with Gasteiger partial charge in [0.25, 0.3) is 0 Å². The molecule has 1 saturated heterocycles. The summed E-state index contributed by atoms with van der Waals surface area (Å²) in [6.45, 7) is 1.53. The van der Waals surface area contributed by atoms with E-state index in [1.54, 1.807) is 4.90 Å². The molecule has 1 fully saturated rings. The maximum Gasteiger partial charge on any atom is 0.416 e. The number of nitrogens with zero attached hydrogens (tertiary/aromatic N) is 1. The average Bonchev–Trinajstić information content (AvgIpc) is 2.45. The first-order chi connectivity index (χ1) is 9.88. The van der Waals surface area contributed by atoms with Crippen LogP contribution in [-0.4, -0.2) is 29.6 Å². The van der Waals surface area contributed by atoms with Gasteiger partial charge in [-0.2, -0.15) is 13.2 Å². The second kappa shape index (κ2) is 6.60. The molecule has 0 saturated carbocycles. The molecule has 21 heavy (non-hydrogen) atoms. The number of halogens is 3. The van der Waals surface area contributed by atoms with Crippen molar-refractivity contribution >= 4 is 23.4 Å². The summed E-state index contributed by atoms with van der Waals surface area (Å²) < 4.78 is 37.6. The molecule has 2 rings (SSSR count). The number of hydrogen-bond acceptors (Lipinski definition) is 3. The van der Waals surface area contributed by atoms with E-state index < -0.39 is 11.7 Å². The molecule has 3 nitrogen and oxygen atoms in total. The first kappa shape index (κ1) is 16.0.